The van der Waals surface area contributed by atoms with E-state index in [-0.39, 0.29) is 29.6 Å². The summed E-state index contributed by atoms with van der Waals surface area (Å²) >= 11 is 0. The first-order valence-corrected chi connectivity index (χ1v) is 2.94. The summed E-state index contributed by atoms with van der Waals surface area (Å²) in [5.41, 5.74) is 0. The van der Waals surface area contributed by atoms with Crippen LogP contribution in [-0.2, 0) is 4.79 Å². The van der Waals surface area contributed by atoms with E-state index in [0.29, 0.717) is 0 Å². The molecule has 0 unspecified atom stereocenters. The van der Waals surface area contributed by atoms with Gasteiger partial charge in [-0.15, -0.1) is 0 Å². The van der Waals surface area contributed by atoms with Crippen molar-refractivity contribution in [2.75, 3.05) is 0 Å². The zero-order valence-electron chi connectivity index (χ0n) is 6.78. The minimum Gasteiger partial charge on any atom is -0.545 e. The van der Waals surface area contributed by atoms with E-state index in [2.05, 4.69) is 0 Å². The number of aliphatic carboxylic acids is 1. The van der Waals surface area contributed by atoms with Gasteiger partial charge in [0.05, 0.1) is 5.97 Å². The first kappa shape index (κ1) is 13.3. The van der Waals surface area contributed by atoms with Crippen molar-refractivity contribution < 1.29 is 39.5 Å². The van der Waals surface area contributed by atoms with Crippen LogP contribution in [0.4, 0.5) is 0 Å². The zero-order chi connectivity index (χ0) is 7.82. The minimum absolute atomic E-state index is 0. The molecular weight excluding hydrogens is 151 g/mol. The van der Waals surface area contributed by atoms with Crippen LogP contribution in [0.2, 0.25) is 0 Å². The van der Waals surface area contributed by atoms with Gasteiger partial charge in [0.2, 0.25) is 0 Å². The van der Waals surface area contributed by atoms with E-state index >= 15 is 0 Å². The van der Waals surface area contributed by atoms with Crippen molar-refractivity contribution in [2.45, 2.75) is 6.92 Å². The topological polar surface area (TPSA) is 40.1 Å². The third-order valence-corrected chi connectivity index (χ3v) is 0.758. The second-order valence-electron chi connectivity index (χ2n) is 1.59. The van der Waals surface area contributed by atoms with Gasteiger partial charge in [0.25, 0.3) is 0 Å². The van der Waals surface area contributed by atoms with Crippen molar-refractivity contribution in [3.63, 3.8) is 0 Å². The Hall–Kier alpha value is -0.310. The maximum absolute atomic E-state index is 9.78. The fourth-order valence-corrected chi connectivity index (χ4v) is 0.374. The van der Waals surface area contributed by atoms with Crippen LogP contribution in [-0.4, -0.2) is 5.97 Å². The van der Waals surface area contributed by atoms with E-state index in [1.54, 1.807) is 18.2 Å². The van der Waals surface area contributed by atoms with Gasteiger partial charge in [0.15, 0.2) is 0 Å². The predicted octanol–water partition coefficient (Wildman–Crippen LogP) is -2.57. The van der Waals surface area contributed by atoms with E-state index in [1.807, 2.05) is 13.0 Å². The second kappa shape index (κ2) is 9.69. The van der Waals surface area contributed by atoms with Crippen LogP contribution in [0.5, 0.6) is 0 Å². The predicted molar refractivity (Wildman–Crippen MR) is 38.1 cm³/mol. The molecule has 0 amide bonds. The Bertz CT molecular complexity index is 181. The molecule has 2 nitrogen and oxygen atoms in total. The Morgan fingerprint density at radius 1 is 1.18 bits per heavy atom. The van der Waals surface area contributed by atoms with Crippen molar-refractivity contribution in [3.8, 4) is 0 Å². The molecule has 0 saturated heterocycles. The number of hydrogen-bond donors (Lipinski definition) is 0. The molecule has 0 aromatic rings. The van der Waals surface area contributed by atoms with Gasteiger partial charge < -0.3 is 9.90 Å². The Kier molecular flexibility index (Phi) is 11.7. The molecule has 0 fully saturated rings. The van der Waals surface area contributed by atoms with E-state index in [4.69, 9.17) is 0 Å². The van der Waals surface area contributed by atoms with E-state index in [9.17, 15) is 9.90 Å². The first-order valence-electron chi connectivity index (χ1n) is 2.94. The van der Waals surface area contributed by atoms with Crippen molar-refractivity contribution >= 4 is 5.97 Å². The standard InChI is InChI=1S/C8H10O2.Na/c1-2-3-4-5-6-7-8(9)10;/h2-7H,1H3,(H,9,10);/q;+1/p-1. The Labute approximate surface area is 88.6 Å². The van der Waals surface area contributed by atoms with Gasteiger partial charge in [0, 0.05) is 0 Å². The molecule has 0 rings (SSSR count). The fourth-order valence-electron chi connectivity index (χ4n) is 0.374. The summed E-state index contributed by atoms with van der Waals surface area (Å²) in [7, 11) is 0. The van der Waals surface area contributed by atoms with Gasteiger partial charge >= 0.3 is 29.6 Å². The summed E-state index contributed by atoms with van der Waals surface area (Å²) in [5.74, 6) is -1.18. The Morgan fingerprint density at radius 2 is 1.73 bits per heavy atom. The van der Waals surface area contributed by atoms with Crippen LogP contribution in [0.25, 0.3) is 0 Å². The number of carbonyl (C=O) groups is 1. The van der Waals surface area contributed by atoms with Gasteiger partial charge in [-0.3, -0.25) is 0 Å². The average molecular weight is 160 g/mol. The molecule has 0 aliphatic carbocycles. The fraction of sp³-hybridized carbons (Fsp3) is 0.125. The van der Waals surface area contributed by atoms with Gasteiger partial charge in [-0.05, 0) is 13.0 Å². The number of allylic oxidation sites excluding steroid dienone is 5. The molecular formula is C8H9NaO2. The molecule has 11 heavy (non-hydrogen) atoms. The minimum atomic E-state index is -1.18. The Morgan fingerprint density at radius 3 is 2.18 bits per heavy atom. The zero-order valence-corrected chi connectivity index (χ0v) is 8.78. The molecule has 0 heterocycles. The summed E-state index contributed by atoms with van der Waals surface area (Å²) in [6.45, 7) is 1.88. The van der Waals surface area contributed by atoms with E-state index in [1.165, 1.54) is 6.08 Å². The number of hydrogen-bond acceptors (Lipinski definition) is 2. The molecule has 0 N–H and O–H groups in total. The van der Waals surface area contributed by atoms with Crippen molar-refractivity contribution in [1.82, 2.24) is 0 Å². The molecule has 0 atom stereocenters. The third-order valence-electron chi connectivity index (χ3n) is 0.758. The monoisotopic (exact) mass is 160 g/mol. The quantitative estimate of drug-likeness (QED) is 0.258. The van der Waals surface area contributed by atoms with Crippen LogP contribution >= 0.6 is 0 Å². The largest absolute Gasteiger partial charge is 1.00 e. The van der Waals surface area contributed by atoms with E-state index < -0.39 is 5.97 Å². The van der Waals surface area contributed by atoms with Gasteiger partial charge in [-0.2, -0.15) is 0 Å². The van der Waals surface area contributed by atoms with Gasteiger partial charge in [0.1, 0.15) is 0 Å². The first-order chi connectivity index (χ1) is 4.77. The van der Waals surface area contributed by atoms with Gasteiger partial charge in [-0.25, -0.2) is 0 Å². The SMILES string of the molecule is CC=CC=CC=CC(=O)[O-].[Na+]. The normalized spacial score (nSPS) is 11.0. The summed E-state index contributed by atoms with van der Waals surface area (Å²) in [5, 5.41) is 9.78. The summed E-state index contributed by atoms with van der Waals surface area (Å²) < 4.78 is 0. The number of carboxylic acids is 1. The second-order valence-corrected chi connectivity index (χ2v) is 1.59. The van der Waals surface area contributed by atoms with Crippen LogP contribution < -0.4 is 34.7 Å². The number of carboxylic acid groups (broad SMARTS) is 1. The molecule has 0 aromatic carbocycles. The maximum Gasteiger partial charge on any atom is 1.00 e. The molecule has 0 aromatic heterocycles. The molecule has 54 valence electrons. The number of carbonyl (C=O) groups excluding carboxylic acids is 1. The molecule has 0 radical (unpaired) electrons. The van der Waals surface area contributed by atoms with Crippen LogP contribution in [0.3, 0.4) is 0 Å². The van der Waals surface area contributed by atoms with E-state index in [0.717, 1.165) is 6.08 Å². The average Bonchev–Trinajstić information content (AvgIpc) is 1.87. The summed E-state index contributed by atoms with van der Waals surface area (Å²) in [6, 6.07) is 0. The molecule has 0 aliphatic heterocycles. The molecule has 0 aliphatic rings. The Balaban J connectivity index is 0. The van der Waals surface area contributed by atoms with Gasteiger partial charge in [-0.1, -0.05) is 30.4 Å². The summed E-state index contributed by atoms with van der Waals surface area (Å²) in [6.07, 6.45) is 9.40. The summed E-state index contributed by atoms with van der Waals surface area (Å²) in [4.78, 5) is 9.78. The smallest absolute Gasteiger partial charge is 0.545 e. The molecule has 0 saturated carbocycles. The van der Waals surface area contributed by atoms with Crippen molar-refractivity contribution in [1.29, 1.82) is 0 Å². The van der Waals surface area contributed by atoms with Crippen LogP contribution in [0.15, 0.2) is 36.5 Å². The molecule has 3 heteroatoms. The third kappa shape index (κ3) is 12.8. The molecule has 0 spiro atoms. The molecule has 0 bridgehead atoms. The number of rotatable bonds is 3. The van der Waals surface area contributed by atoms with Crippen LogP contribution in [0.1, 0.15) is 6.92 Å². The maximum atomic E-state index is 9.78. The van der Waals surface area contributed by atoms with Crippen LogP contribution in [0, 0.1) is 0 Å². The van der Waals surface area contributed by atoms with Crippen molar-refractivity contribution in [2.24, 2.45) is 0 Å². The van der Waals surface area contributed by atoms with Crippen molar-refractivity contribution in [3.05, 3.63) is 36.5 Å².